The maximum atomic E-state index is 13.0. The predicted molar refractivity (Wildman–Crippen MR) is 132 cm³/mol. The summed E-state index contributed by atoms with van der Waals surface area (Å²) in [5, 5.41) is 11.9. The van der Waals surface area contributed by atoms with Crippen molar-refractivity contribution < 1.29 is 28.9 Å². The third kappa shape index (κ3) is 4.57. The van der Waals surface area contributed by atoms with Gasteiger partial charge in [-0.3, -0.25) is 4.57 Å². The van der Waals surface area contributed by atoms with Crippen molar-refractivity contribution in [2.75, 3.05) is 6.61 Å². The number of benzene rings is 2. The molecule has 10 nitrogen and oxygen atoms in total. The van der Waals surface area contributed by atoms with Crippen LogP contribution in [0.1, 0.15) is 26.9 Å². The van der Waals surface area contributed by atoms with Gasteiger partial charge in [0.25, 0.3) is 0 Å². The number of fused-ring (bicyclic) bond motifs is 1. The lowest BCUT2D eigenvalue weighted by atomic mass is 9.93. The van der Waals surface area contributed by atoms with E-state index < -0.39 is 36.0 Å². The lowest BCUT2D eigenvalue weighted by Gasteiger charge is -2.30. The Morgan fingerprint density at radius 1 is 1.05 bits per heavy atom. The Kier molecular flexibility index (Phi) is 6.70. The summed E-state index contributed by atoms with van der Waals surface area (Å²) >= 11 is 6.14. The number of halogens is 1. The Morgan fingerprint density at radius 3 is 2.35 bits per heavy atom. The zero-order valence-electron chi connectivity index (χ0n) is 19.3. The standard InChI is InChI=1S/C26H21ClN4O6/c1-2-26(34)20(37-24(33)17-11-7-4-8-12-17)18(13-35-23(32)16-9-5-3-6-10-16)36-25(26)31-15-30-19-21(27)28-14-29-22(19)31/h2-12,14-15,18,20,25,34H,1,13H2/t18?,20-,25-,26-/m1/s1. The topological polar surface area (TPSA) is 126 Å². The minimum Gasteiger partial charge on any atom is -0.459 e. The molecule has 2 aromatic carbocycles. The summed E-state index contributed by atoms with van der Waals surface area (Å²) in [5.41, 5.74) is -0.790. The second-order valence-corrected chi connectivity index (χ2v) is 8.62. The molecule has 1 fully saturated rings. The van der Waals surface area contributed by atoms with E-state index in [1.54, 1.807) is 60.7 Å². The zero-order chi connectivity index (χ0) is 26.0. The number of aliphatic hydroxyl groups is 1. The normalized spacial score (nSPS) is 23.0. The molecular formula is C26H21ClN4O6. The van der Waals surface area contributed by atoms with Gasteiger partial charge in [0.05, 0.1) is 17.5 Å². The molecule has 0 saturated carbocycles. The quantitative estimate of drug-likeness (QED) is 0.222. The van der Waals surface area contributed by atoms with Gasteiger partial charge in [-0.2, -0.15) is 0 Å². The number of ether oxygens (including phenoxy) is 3. The molecule has 37 heavy (non-hydrogen) atoms. The van der Waals surface area contributed by atoms with E-state index >= 15 is 0 Å². The van der Waals surface area contributed by atoms with E-state index in [4.69, 9.17) is 25.8 Å². The van der Waals surface area contributed by atoms with E-state index in [9.17, 15) is 14.7 Å². The average Bonchev–Trinajstić information content (AvgIpc) is 3.48. The second kappa shape index (κ2) is 10.1. The first-order valence-electron chi connectivity index (χ1n) is 11.2. The van der Waals surface area contributed by atoms with Crippen LogP contribution in [-0.2, 0) is 14.2 Å². The molecule has 11 heteroatoms. The number of nitrogens with zero attached hydrogens (tertiary/aromatic N) is 4. The molecule has 5 rings (SSSR count). The van der Waals surface area contributed by atoms with E-state index in [1.165, 1.54) is 23.3 Å². The molecule has 1 saturated heterocycles. The molecule has 1 aliphatic heterocycles. The van der Waals surface area contributed by atoms with Crippen LogP contribution in [0.25, 0.3) is 11.2 Å². The van der Waals surface area contributed by atoms with Crippen molar-refractivity contribution >= 4 is 34.7 Å². The van der Waals surface area contributed by atoms with Crippen molar-refractivity contribution in [3.05, 3.63) is 102 Å². The molecule has 4 aromatic rings. The summed E-state index contributed by atoms with van der Waals surface area (Å²) in [5.74, 6) is -1.30. The van der Waals surface area contributed by atoms with Crippen molar-refractivity contribution in [3.8, 4) is 0 Å². The van der Waals surface area contributed by atoms with Crippen LogP contribution in [0.15, 0.2) is 86.0 Å². The van der Waals surface area contributed by atoms with E-state index in [2.05, 4.69) is 21.5 Å². The minimum atomic E-state index is -1.96. The van der Waals surface area contributed by atoms with Crippen LogP contribution in [0.5, 0.6) is 0 Å². The molecule has 0 aliphatic carbocycles. The van der Waals surface area contributed by atoms with Gasteiger partial charge in [-0.05, 0) is 24.3 Å². The van der Waals surface area contributed by atoms with Crippen LogP contribution in [0.3, 0.4) is 0 Å². The van der Waals surface area contributed by atoms with Gasteiger partial charge in [-0.15, -0.1) is 0 Å². The van der Waals surface area contributed by atoms with Crippen LogP contribution in [0, 0.1) is 0 Å². The first-order chi connectivity index (χ1) is 17.9. The van der Waals surface area contributed by atoms with Crippen molar-refractivity contribution in [2.24, 2.45) is 0 Å². The highest BCUT2D eigenvalue weighted by Crippen LogP contribution is 2.43. The molecule has 3 heterocycles. The Bertz CT molecular complexity index is 1450. The number of imidazole rings is 1. The molecule has 4 atom stereocenters. The number of rotatable bonds is 7. The SMILES string of the molecule is C=C[C@@]1(O)[C@H](OC(=O)c2ccccc2)C(COC(=O)c2ccccc2)O[C@H]1n1cnc2c(Cl)ncnc21. The first kappa shape index (κ1) is 24.6. The Labute approximate surface area is 216 Å². The fraction of sp³-hybridized carbons (Fsp3) is 0.192. The summed E-state index contributed by atoms with van der Waals surface area (Å²) in [7, 11) is 0. The lowest BCUT2D eigenvalue weighted by molar-refractivity contribution is -0.0796. The van der Waals surface area contributed by atoms with Crippen LogP contribution in [0.2, 0.25) is 5.15 Å². The van der Waals surface area contributed by atoms with Gasteiger partial charge in [0, 0.05) is 0 Å². The van der Waals surface area contributed by atoms with Gasteiger partial charge in [0.1, 0.15) is 24.6 Å². The van der Waals surface area contributed by atoms with Crippen molar-refractivity contribution in [3.63, 3.8) is 0 Å². The van der Waals surface area contributed by atoms with Gasteiger partial charge in [-0.25, -0.2) is 24.5 Å². The Balaban J connectivity index is 1.49. The molecule has 0 spiro atoms. The maximum Gasteiger partial charge on any atom is 0.338 e. The summed E-state index contributed by atoms with van der Waals surface area (Å²) in [6.45, 7) is 3.43. The van der Waals surface area contributed by atoms with E-state index in [-0.39, 0.29) is 28.5 Å². The molecule has 0 bridgehead atoms. The third-order valence-corrected chi connectivity index (χ3v) is 6.29. The largest absolute Gasteiger partial charge is 0.459 e. The molecule has 188 valence electrons. The Morgan fingerprint density at radius 2 is 1.70 bits per heavy atom. The summed E-state index contributed by atoms with van der Waals surface area (Å²) in [6, 6.07) is 16.7. The van der Waals surface area contributed by atoms with Crippen molar-refractivity contribution in [1.29, 1.82) is 0 Å². The van der Waals surface area contributed by atoms with Crippen LogP contribution in [-0.4, -0.2) is 61.0 Å². The summed E-state index contributed by atoms with van der Waals surface area (Å²) in [4.78, 5) is 37.9. The summed E-state index contributed by atoms with van der Waals surface area (Å²) in [6.07, 6.45) is 0.267. The molecule has 2 aromatic heterocycles. The smallest absolute Gasteiger partial charge is 0.338 e. The predicted octanol–water partition coefficient (Wildman–Crippen LogP) is 3.38. The van der Waals surface area contributed by atoms with Crippen molar-refractivity contribution in [2.45, 2.75) is 24.0 Å². The third-order valence-electron chi connectivity index (χ3n) is 6.02. The van der Waals surface area contributed by atoms with E-state index in [1.807, 2.05) is 0 Å². The van der Waals surface area contributed by atoms with Gasteiger partial charge in [0.15, 0.2) is 28.7 Å². The van der Waals surface area contributed by atoms with E-state index in [0.717, 1.165) is 0 Å². The number of carbonyl (C=O) groups is 2. The van der Waals surface area contributed by atoms with Crippen LogP contribution >= 0.6 is 11.6 Å². The maximum absolute atomic E-state index is 13.0. The highest BCUT2D eigenvalue weighted by molar-refractivity contribution is 6.33. The fourth-order valence-corrected chi connectivity index (χ4v) is 4.33. The summed E-state index contributed by atoms with van der Waals surface area (Å²) < 4.78 is 18.8. The minimum absolute atomic E-state index is 0.115. The molecular weight excluding hydrogens is 500 g/mol. The first-order valence-corrected chi connectivity index (χ1v) is 11.6. The molecule has 1 N–H and O–H groups in total. The number of aromatic nitrogens is 4. The Hall–Kier alpha value is -4.12. The highest BCUT2D eigenvalue weighted by Gasteiger charge is 2.58. The van der Waals surface area contributed by atoms with Gasteiger partial charge >= 0.3 is 11.9 Å². The molecule has 0 radical (unpaired) electrons. The zero-order valence-corrected chi connectivity index (χ0v) is 20.1. The van der Waals surface area contributed by atoms with Gasteiger partial charge in [-0.1, -0.05) is 60.7 Å². The van der Waals surface area contributed by atoms with Crippen LogP contribution < -0.4 is 0 Å². The average molecular weight is 521 g/mol. The molecule has 1 aliphatic rings. The molecule has 0 amide bonds. The van der Waals surface area contributed by atoms with Crippen LogP contribution in [0.4, 0.5) is 0 Å². The van der Waals surface area contributed by atoms with Crippen molar-refractivity contribution in [1.82, 2.24) is 19.5 Å². The lowest BCUT2D eigenvalue weighted by Crippen LogP contribution is -2.48. The van der Waals surface area contributed by atoms with E-state index in [0.29, 0.717) is 5.56 Å². The van der Waals surface area contributed by atoms with Gasteiger partial charge < -0.3 is 19.3 Å². The highest BCUT2D eigenvalue weighted by atomic mass is 35.5. The number of hydrogen-bond donors (Lipinski definition) is 1. The number of hydrogen-bond acceptors (Lipinski definition) is 9. The number of carbonyl (C=O) groups excluding carboxylic acids is 2. The number of esters is 2. The fourth-order valence-electron chi connectivity index (χ4n) is 4.15. The molecule has 1 unspecified atom stereocenters. The second-order valence-electron chi connectivity index (χ2n) is 8.26. The van der Waals surface area contributed by atoms with Gasteiger partial charge in [0.2, 0.25) is 0 Å². The monoisotopic (exact) mass is 520 g/mol.